The van der Waals surface area contributed by atoms with Crippen LogP contribution in [-0.2, 0) is 13.1 Å². The minimum Gasteiger partial charge on any atom is -0.394 e. The Morgan fingerprint density at radius 1 is 1.42 bits per heavy atom. The average molecular weight is 328 g/mol. The molecule has 128 valence electrons. The fourth-order valence-electron chi connectivity index (χ4n) is 3.25. The quantitative estimate of drug-likeness (QED) is 0.880. The second kappa shape index (κ2) is 7.49. The number of aliphatic hydroxyl groups excluding tert-OH is 1. The predicted molar refractivity (Wildman–Crippen MR) is 91.4 cm³/mol. The molecule has 1 fully saturated rings. The molecule has 2 amide bonds. The van der Waals surface area contributed by atoms with Crippen LogP contribution in [0.5, 0.6) is 0 Å². The Kier molecular flexibility index (Phi) is 5.15. The first-order chi connectivity index (χ1) is 11.7. The van der Waals surface area contributed by atoms with E-state index in [9.17, 15) is 9.90 Å². The van der Waals surface area contributed by atoms with Crippen LogP contribution in [0.15, 0.2) is 43.0 Å². The maximum atomic E-state index is 12.4. The number of carbonyl (C=O) groups is 1. The van der Waals surface area contributed by atoms with E-state index in [0.717, 1.165) is 18.5 Å². The van der Waals surface area contributed by atoms with Gasteiger partial charge >= 0.3 is 6.03 Å². The standard InChI is InChI=1S/C18H24N4O2/c1-14-5-7-22(17(14)12-23)18(24)20-10-15-3-2-4-16(9-15)11-21-8-6-19-13-21/h2-4,6,8-9,13-14,17,23H,5,7,10-12H2,1H3,(H,20,24). The number of aromatic nitrogens is 2. The van der Waals surface area contributed by atoms with E-state index < -0.39 is 0 Å². The number of benzene rings is 1. The molecule has 6 heteroatoms. The second-order valence-electron chi connectivity index (χ2n) is 6.42. The number of rotatable bonds is 5. The molecule has 24 heavy (non-hydrogen) atoms. The van der Waals surface area contributed by atoms with Crippen LogP contribution < -0.4 is 5.32 Å². The van der Waals surface area contributed by atoms with Gasteiger partial charge in [-0.1, -0.05) is 31.2 Å². The zero-order valence-corrected chi connectivity index (χ0v) is 13.9. The highest BCUT2D eigenvalue weighted by Gasteiger charge is 2.33. The Balaban J connectivity index is 1.57. The van der Waals surface area contributed by atoms with Crippen LogP contribution in [0.1, 0.15) is 24.5 Å². The predicted octanol–water partition coefficient (Wildman–Crippen LogP) is 1.84. The molecule has 2 N–H and O–H groups in total. The van der Waals surface area contributed by atoms with Gasteiger partial charge in [0.2, 0.25) is 0 Å². The maximum absolute atomic E-state index is 12.4. The van der Waals surface area contributed by atoms with Crippen LogP contribution in [0, 0.1) is 5.92 Å². The van der Waals surface area contributed by atoms with Gasteiger partial charge in [-0.05, 0) is 23.5 Å². The number of nitrogens with zero attached hydrogens (tertiary/aromatic N) is 3. The van der Waals surface area contributed by atoms with Crippen LogP contribution >= 0.6 is 0 Å². The molecule has 2 atom stereocenters. The van der Waals surface area contributed by atoms with Crippen LogP contribution in [0.3, 0.4) is 0 Å². The Morgan fingerprint density at radius 3 is 3.00 bits per heavy atom. The summed E-state index contributed by atoms with van der Waals surface area (Å²) in [6, 6.07) is 8.00. The lowest BCUT2D eigenvalue weighted by molar-refractivity contribution is 0.143. The van der Waals surface area contributed by atoms with Crippen molar-refractivity contribution in [3.63, 3.8) is 0 Å². The summed E-state index contributed by atoms with van der Waals surface area (Å²) in [6.45, 7) is 4.05. The van der Waals surface area contributed by atoms with Crippen molar-refractivity contribution in [2.24, 2.45) is 5.92 Å². The first-order valence-electron chi connectivity index (χ1n) is 8.36. The first kappa shape index (κ1) is 16.5. The first-order valence-corrected chi connectivity index (χ1v) is 8.36. The zero-order chi connectivity index (χ0) is 16.9. The molecule has 1 saturated heterocycles. The number of carbonyl (C=O) groups excluding carboxylic acids is 1. The van der Waals surface area contributed by atoms with Gasteiger partial charge in [-0.3, -0.25) is 0 Å². The number of aliphatic hydroxyl groups is 1. The topological polar surface area (TPSA) is 70.4 Å². The maximum Gasteiger partial charge on any atom is 0.318 e. The number of imidazole rings is 1. The van der Waals surface area contributed by atoms with Crippen molar-refractivity contribution in [3.8, 4) is 0 Å². The molecule has 1 aliphatic rings. The SMILES string of the molecule is CC1CCN(C(=O)NCc2cccc(Cn3ccnc3)c2)C1CO. The van der Waals surface area contributed by atoms with Crippen LogP contribution in [0.25, 0.3) is 0 Å². The summed E-state index contributed by atoms with van der Waals surface area (Å²) in [5.74, 6) is 0.347. The van der Waals surface area contributed by atoms with Crippen molar-refractivity contribution < 1.29 is 9.90 Å². The zero-order valence-electron chi connectivity index (χ0n) is 13.9. The van der Waals surface area contributed by atoms with Gasteiger partial charge in [0.05, 0.1) is 19.0 Å². The summed E-state index contributed by atoms with van der Waals surface area (Å²) in [5.41, 5.74) is 2.23. The summed E-state index contributed by atoms with van der Waals surface area (Å²) in [7, 11) is 0. The highest BCUT2D eigenvalue weighted by molar-refractivity contribution is 5.75. The molecule has 0 saturated carbocycles. The van der Waals surface area contributed by atoms with Gasteiger partial charge in [0.15, 0.2) is 0 Å². The van der Waals surface area contributed by atoms with Crippen LogP contribution in [0.2, 0.25) is 0 Å². The summed E-state index contributed by atoms with van der Waals surface area (Å²) >= 11 is 0. The van der Waals surface area contributed by atoms with Crippen molar-refractivity contribution in [3.05, 3.63) is 54.1 Å². The minimum atomic E-state index is -0.0987. The molecule has 0 spiro atoms. The van der Waals surface area contributed by atoms with Crippen molar-refractivity contribution in [1.82, 2.24) is 19.8 Å². The van der Waals surface area contributed by atoms with Gasteiger partial charge in [-0.2, -0.15) is 0 Å². The van der Waals surface area contributed by atoms with Gasteiger partial charge in [0.25, 0.3) is 0 Å². The van der Waals surface area contributed by atoms with E-state index >= 15 is 0 Å². The lowest BCUT2D eigenvalue weighted by Gasteiger charge is -2.25. The van der Waals surface area contributed by atoms with Gasteiger partial charge in [-0.15, -0.1) is 0 Å². The molecule has 1 aromatic heterocycles. The lowest BCUT2D eigenvalue weighted by atomic mass is 10.0. The second-order valence-corrected chi connectivity index (χ2v) is 6.42. The molecule has 3 rings (SSSR count). The smallest absolute Gasteiger partial charge is 0.318 e. The monoisotopic (exact) mass is 328 g/mol. The Morgan fingerprint density at radius 2 is 2.25 bits per heavy atom. The third-order valence-electron chi connectivity index (χ3n) is 4.69. The van der Waals surface area contributed by atoms with E-state index in [2.05, 4.69) is 29.4 Å². The van der Waals surface area contributed by atoms with Gasteiger partial charge in [-0.25, -0.2) is 9.78 Å². The minimum absolute atomic E-state index is 0.0228. The van der Waals surface area contributed by atoms with E-state index in [1.54, 1.807) is 17.4 Å². The van der Waals surface area contributed by atoms with E-state index in [0.29, 0.717) is 19.0 Å². The molecular formula is C18H24N4O2. The van der Waals surface area contributed by atoms with Crippen LogP contribution in [0.4, 0.5) is 4.79 Å². The van der Waals surface area contributed by atoms with Gasteiger partial charge in [0.1, 0.15) is 0 Å². The fourth-order valence-corrected chi connectivity index (χ4v) is 3.25. The number of likely N-dealkylation sites (tertiary alicyclic amines) is 1. The molecule has 2 unspecified atom stereocenters. The summed E-state index contributed by atoms with van der Waals surface area (Å²) in [4.78, 5) is 18.2. The van der Waals surface area contributed by atoms with E-state index in [4.69, 9.17) is 0 Å². The molecular weight excluding hydrogens is 304 g/mol. The number of hydrogen-bond acceptors (Lipinski definition) is 3. The molecule has 1 aromatic carbocycles. The number of nitrogens with one attached hydrogen (secondary N) is 1. The third-order valence-corrected chi connectivity index (χ3v) is 4.69. The molecule has 2 heterocycles. The van der Waals surface area contributed by atoms with E-state index in [1.165, 1.54) is 5.56 Å². The Bertz CT molecular complexity index is 671. The van der Waals surface area contributed by atoms with E-state index in [-0.39, 0.29) is 18.7 Å². The lowest BCUT2D eigenvalue weighted by Crippen LogP contribution is -2.45. The summed E-state index contributed by atoms with van der Waals surface area (Å²) < 4.78 is 2.01. The van der Waals surface area contributed by atoms with Crippen molar-refractivity contribution in [2.75, 3.05) is 13.2 Å². The number of amides is 2. The summed E-state index contributed by atoms with van der Waals surface area (Å²) in [5, 5.41) is 12.4. The van der Waals surface area contributed by atoms with Gasteiger partial charge < -0.3 is 19.9 Å². The molecule has 0 bridgehead atoms. The van der Waals surface area contributed by atoms with Crippen molar-refractivity contribution >= 4 is 6.03 Å². The normalized spacial score (nSPS) is 20.3. The van der Waals surface area contributed by atoms with Crippen molar-refractivity contribution in [2.45, 2.75) is 32.5 Å². The Hall–Kier alpha value is -2.34. The molecule has 2 aromatic rings. The largest absolute Gasteiger partial charge is 0.394 e. The molecule has 0 radical (unpaired) electrons. The molecule has 1 aliphatic heterocycles. The number of hydrogen-bond donors (Lipinski definition) is 2. The highest BCUT2D eigenvalue weighted by Crippen LogP contribution is 2.23. The summed E-state index contributed by atoms with van der Waals surface area (Å²) in [6.07, 6.45) is 6.42. The third kappa shape index (κ3) is 3.76. The van der Waals surface area contributed by atoms with Gasteiger partial charge in [0, 0.05) is 32.0 Å². The Labute approximate surface area is 142 Å². The van der Waals surface area contributed by atoms with Crippen LogP contribution in [-0.4, -0.2) is 44.8 Å². The average Bonchev–Trinajstić information content (AvgIpc) is 3.22. The molecule has 6 nitrogen and oxygen atoms in total. The number of urea groups is 1. The van der Waals surface area contributed by atoms with E-state index in [1.807, 2.05) is 22.9 Å². The molecule has 0 aliphatic carbocycles. The van der Waals surface area contributed by atoms with Crippen molar-refractivity contribution in [1.29, 1.82) is 0 Å². The fraction of sp³-hybridized carbons (Fsp3) is 0.444. The highest BCUT2D eigenvalue weighted by atomic mass is 16.3.